The van der Waals surface area contributed by atoms with Crippen molar-refractivity contribution in [3.8, 4) is 0 Å². The summed E-state index contributed by atoms with van der Waals surface area (Å²) in [6.45, 7) is 12.3. The van der Waals surface area contributed by atoms with Crippen LogP contribution in [-0.2, 0) is 16.8 Å². The Kier molecular flexibility index (Phi) is 4.36. The van der Waals surface area contributed by atoms with Crippen molar-refractivity contribution >= 4 is 11.6 Å². The number of para-hydroxylation sites is 1. The van der Waals surface area contributed by atoms with Gasteiger partial charge in [-0.2, -0.15) is 0 Å². The first kappa shape index (κ1) is 19.4. The number of hydrogen-bond donors (Lipinski definition) is 0. The van der Waals surface area contributed by atoms with E-state index in [1.165, 1.54) is 22.4 Å². The fourth-order valence-electron chi connectivity index (χ4n) is 6.22. The van der Waals surface area contributed by atoms with E-state index in [0.29, 0.717) is 6.04 Å². The van der Waals surface area contributed by atoms with Crippen molar-refractivity contribution in [3.63, 3.8) is 0 Å². The van der Waals surface area contributed by atoms with E-state index in [-0.39, 0.29) is 22.8 Å². The third-order valence-corrected chi connectivity index (χ3v) is 7.49. The summed E-state index contributed by atoms with van der Waals surface area (Å²) in [5, 5.41) is 0. The van der Waals surface area contributed by atoms with Gasteiger partial charge in [-0.1, -0.05) is 81.5 Å². The maximum absolute atomic E-state index is 13.4. The number of carbonyl (C=O) groups excluding carboxylic acids is 1. The molecular weight excluding hydrogens is 368 g/mol. The minimum atomic E-state index is -0.359. The second-order valence-electron chi connectivity index (χ2n) is 10.4. The molecule has 3 atom stereocenters. The van der Waals surface area contributed by atoms with Crippen LogP contribution in [0, 0.1) is 5.41 Å². The van der Waals surface area contributed by atoms with Gasteiger partial charge in [-0.3, -0.25) is 4.79 Å². The molecule has 1 amide bonds. The van der Waals surface area contributed by atoms with Crippen LogP contribution in [0.5, 0.6) is 0 Å². The van der Waals surface area contributed by atoms with Gasteiger partial charge >= 0.3 is 0 Å². The Morgan fingerprint density at radius 1 is 1.03 bits per heavy atom. The predicted molar refractivity (Wildman–Crippen MR) is 122 cm³/mol. The van der Waals surface area contributed by atoms with Crippen LogP contribution in [0.2, 0.25) is 0 Å². The van der Waals surface area contributed by atoms with E-state index >= 15 is 0 Å². The second-order valence-corrected chi connectivity index (χ2v) is 10.4. The highest BCUT2D eigenvalue weighted by Crippen LogP contribution is 2.59. The Bertz CT molecular complexity index is 989. The van der Waals surface area contributed by atoms with Crippen LogP contribution in [0.4, 0.5) is 5.69 Å². The molecule has 0 aromatic heterocycles. The summed E-state index contributed by atoms with van der Waals surface area (Å²) in [7, 11) is 0. The monoisotopic (exact) mass is 400 g/mol. The third kappa shape index (κ3) is 2.74. The minimum absolute atomic E-state index is 0.00741. The third-order valence-electron chi connectivity index (χ3n) is 7.49. The number of hydrogen-bond acceptors (Lipinski definition) is 2. The fourth-order valence-corrected chi connectivity index (χ4v) is 6.22. The molecule has 0 N–H and O–H groups in total. The van der Waals surface area contributed by atoms with Gasteiger partial charge in [-0.15, -0.1) is 0 Å². The number of benzene rings is 2. The lowest BCUT2D eigenvalue weighted by atomic mass is 9.63. The van der Waals surface area contributed by atoms with Gasteiger partial charge in [-0.25, -0.2) is 0 Å². The van der Waals surface area contributed by atoms with E-state index in [1.54, 1.807) is 0 Å². The average molecular weight is 401 g/mol. The zero-order valence-corrected chi connectivity index (χ0v) is 18.4. The summed E-state index contributed by atoms with van der Waals surface area (Å²) < 4.78 is 0. The topological polar surface area (TPSA) is 23.6 Å². The highest BCUT2D eigenvalue weighted by atomic mass is 16.2. The molecule has 0 radical (unpaired) electrons. The molecule has 1 spiro atoms. The van der Waals surface area contributed by atoms with Crippen molar-refractivity contribution in [2.24, 2.45) is 5.41 Å². The lowest BCUT2D eigenvalue weighted by Crippen LogP contribution is -2.57. The van der Waals surface area contributed by atoms with Crippen LogP contribution in [0.15, 0.2) is 66.7 Å². The molecule has 2 aromatic rings. The normalized spacial score (nSPS) is 27.6. The zero-order chi connectivity index (χ0) is 21.1. The lowest BCUT2D eigenvalue weighted by Gasteiger charge is -2.47. The molecule has 1 saturated carbocycles. The number of rotatable bonds is 2. The number of likely N-dealkylation sites (tertiary alicyclic amines) is 1. The van der Waals surface area contributed by atoms with Gasteiger partial charge in [0.15, 0.2) is 0 Å². The molecule has 3 nitrogen and oxygen atoms in total. The Morgan fingerprint density at radius 3 is 2.43 bits per heavy atom. The quantitative estimate of drug-likeness (QED) is 0.638. The van der Waals surface area contributed by atoms with Crippen molar-refractivity contribution < 1.29 is 4.79 Å². The summed E-state index contributed by atoms with van der Waals surface area (Å²) in [6, 6.07) is 20.2. The van der Waals surface area contributed by atoms with Gasteiger partial charge in [-0.05, 0) is 36.5 Å². The fraction of sp³-hybridized carbons (Fsp3) is 0.444. The number of amides is 1. The Morgan fingerprint density at radius 2 is 1.70 bits per heavy atom. The number of fused-ring (bicyclic) bond motifs is 1. The smallest absolute Gasteiger partial charge is 0.228 e. The zero-order valence-electron chi connectivity index (χ0n) is 18.4. The Balaban J connectivity index is 1.61. The highest BCUT2D eigenvalue weighted by Gasteiger charge is 2.62. The Hall–Kier alpha value is -2.55. The molecule has 3 aliphatic rings. The van der Waals surface area contributed by atoms with Crippen LogP contribution in [0.25, 0.3) is 0 Å². The van der Waals surface area contributed by atoms with Gasteiger partial charge in [0.05, 0.1) is 0 Å². The molecule has 2 aliphatic heterocycles. The number of nitrogens with zero attached hydrogens (tertiary/aromatic N) is 2. The van der Waals surface area contributed by atoms with Gasteiger partial charge in [0.2, 0.25) is 5.91 Å². The first-order chi connectivity index (χ1) is 14.3. The molecule has 30 heavy (non-hydrogen) atoms. The van der Waals surface area contributed by atoms with Gasteiger partial charge in [0.25, 0.3) is 0 Å². The number of anilines is 1. The maximum Gasteiger partial charge on any atom is 0.228 e. The Labute approximate surface area is 180 Å². The van der Waals surface area contributed by atoms with E-state index in [9.17, 15) is 4.79 Å². The summed E-state index contributed by atoms with van der Waals surface area (Å²) in [6.07, 6.45) is 2.97. The van der Waals surface area contributed by atoms with Gasteiger partial charge in [0.1, 0.15) is 0 Å². The molecule has 3 heteroatoms. The molecule has 0 bridgehead atoms. The predicted octanol–water partition coefficient (Wildman–Crippen LogP) is 5.31. The van der Waals surface area contributed by atoms with Crippen molar-refractivity contribution in [1.82, 2.24) is 4.90 Å². The van der Waals surface area contributed by atoms with E-state index in [0.717, 1.165) is 32.4 Å². The van der Waals surface area contributed by atoms with Crippen molar-refractivity contribution in [2.45, 2.75) is 64.1 Å². The molecule has 156 valence electrons. The van der Waals surface area contributed by atoms with Crippen molar-refractivity contribution in [2.75, 3.05) is 11.4 Å². The van der Waals surface area contributed by atoms with Crippen molar-refractivity contribution in [3.05, 3.63) is 77.9 Å². The summed E-state index contributed by atoms with van der Waals surface area (Å²) in [5.74, 6) is 0.275. The van der Waals surface area contributed by atoms with Crippen LogP contribution in [-0.4, -0.2) is 29.4 Å². The molecule has 5 rings (SSSR count). The molecule has 2 aromatic carbocycles. The van der Waals surface area contributed by atoms with Crippen LogP contribution < -0.4 is 4.90 Å². The largest absolute Gasteiger partial charge is 0.363 e. The minimum Gasteiger partial charge on any atom is -0.363 e. The molecular formula is C27H32N2O. The van der Waals surface area contributed by atoms with Crippen LogP contribution >= 0.6 is 0 Å². The molecule has 1 saturated heterocycles. The molecule has 1 aliphatic carbocycles. The lowest BCUT2D eigenvalue weighted by molar-refractivity contribution is -0.141. The second kappa shape index (κ2) is 6.73. The standard InChI is InChI=1S/C27H32N2O/c1-19-16-23-27(14-15-28(23)25(30)26(2,3)4)21-12-8-9-13-22(21)29(24(27)17-19)18-20-10-6-5-7-11-20/h5-13,23-24H,1,14-18H2,2-4H3/t23-,24+,27-/m1/s1. The SMILES string of the molecule is C=C1C[C@@H]2N(Cc3ccccc3)c3ccccc3[C@@]23CCN(C(=O)C(C)(C)C)[C@@H]3C1. The highest BCUT2D eigenvalue weighted by molar-refractivity contribution is 5.83. The van der Waals surface area contributed by atoms with Gasteiger partial charge in [0, 0.05) is 41.7 Å². The van der Waals surface area contributed by atoms with E-state index in [4.69, 9.17) is 0 Å². The number of carbonyl (C=O) groups is 1. The summed E-state index contributed by atoms with van der Waals surface area (Å²) in [4.78, 5) is 18.2. The summed E-state index contributed by atoms with van der Waals surface area (Å²) in [5.41, 5.74) is 5.04. The first-order valence-electron chi connectivity index (χ1n) is 11.2. The van der Waals surface area contributed by atoms with E-state index in [2.05, 4.69) is 71.0 Å². The van der Waals surface area contributed by atoms with Crippen molar-refractivity contribution in [1.29, 1.82) is 0 Å². The first-order valence-corrected chi connectivity index (χ1v) is 11.2. The van der Waals surface area contributed by atoms with E-state index < -0.39 is 0 Å². The van der Waals surface area contributed by atoms with E-state index in [1.807, 2.05) is 20.8 Å². The molecule has 2 heterocycles. The van der Waals surface area contributed by atoms with Crippen LogP contribution in [0.1, 0.15) is 51.2 Å². The van der Waals surface area contributed by atoms with Crippen LogP contribution in [0.3, 0.4) is 0 Å². The summed E-state index contributed by atoms with van der Waals surface area (Å²) >= 11 is 0. The molecule has 0 unspecified atom stereocenters. The maximum atomic E-state index is 13.4. The van der Waals surface area contributed by atoms with Gasteiger partial charge < -0.3 is 9.80 Å². The average Bonchev–Trinajstić information content (AvgIpc) is 3.22. The molecule has 2 fully saturated rings.